The third-order valence-corrected chi connectivity index (χ3v) is 4.97. The number of aromatic nitrogens is 3. The highest BCUT2D eigenvalue weighted by Crippen LogP contribution is 2.35. The molecule has 3 aromatic carbocycles. The van der Waals surface area contributed by atoms with Gasteiger partial charge in [0.05, 0.1) is 12.6 Å². The zero-order chi connectivity index (χ0) is 20.3. The van der Waals surface area contributed by atoms with Crippen LogP contribution in [0.4, 0.5) is 11.5 Å². The van der Waals surface area contributed by atoms with Crippen LogP contribution in [0.2, 0.25) is 0 Å². The number of nitrogens with one attached hydrogen (secondary N) is 2. The van der Waals surface area contributed by atoms with Gasteiger partial charge in [-0.05, 0) is 35.9 Å². The maximum absolute atomic E-state index is 6.01. The van der Waals surface area contributed by atoms with Gasteiger partial charge in [-0.3, -0.25) is 0 Å². The lowest BCUT2D eigenvalue weighted by atomic mass is 10.2. The Hall–Kier alpha value is -3.77. The molecule has 6 nitrogen and oxygen atoms in total. The van der Waals surface area contributed by atoms with E-state index in [0.29, 0.717) is 23.9 Å². The molecule has 31 heavy (non-hydrogen) atoms. The summed E-state index contributed by atoms with van der Waals surface area (Å²) >= 11 is 0. The van der Waals surface area contributed by atoms with Gasteiger partial charge in [0.25, 0.3) is 0 Å². The third kappa shape index (κ3) is 4.25. The number of aromatic amines is 1. The van der Waals surface area contributed by atoms with E-state index in [0.717, 1.165) is 33.1 Å². The number of benzene rings is 3. The minimum atomic E-state index is 0. The molecule has 0 fully saturated rings. The average Bonchev–Trinajstić information content (AvgIpc) is 3.26. The topological polar surface area (TPSA) is 72.1 Å². The van der Waals surface area contributed by atoms with Crippen molar-refractivity contribution in [3.63, 3.8) is 0 Å². The second-order valence-corrected chi connectivity index (χ2v) is 6.92. The lowest BCUT2D eigenvalue weighted by molar-refractivity contribution is 0.285. The van der Waals surface area contributed by atoms with Crippen molar-refractivity contribution in [2.24, 2.45) is 0 Å². The Morgan fingerprint density at radius 2 is 1.81 bits per heavy atom. The molecule has 2 N–H and O–H groups in total. The maximum Gasteiger partial charge on any atom is 0.163 e. The first-order valence-corrected chi connectivity index (χ1v) is 9.64. The van der Waals surface area contributed by atoms with Gasteiger partial charge in [-0.25, -0.2) is 9.97 Å². The Bertz CT molecular complexity index is 1320. The number of rotatable bonds is 6. The van der Waals surface area contributed by atoms with Crippen LogP contribution in [-0.4, -0.2) is 22.1 Å². The fraction of sp³-hybridized carbons (Fsp3) is 0.0833. The number of hydrogen-bond acceptors (Lipinski definition) is 5. The minimum absolute atomic E-state index is 0. The predicted molar refractivity (Wildman–Crippen MR) is 126 cm³/mol. The summed E-state index contributed by atoms with van der Waals surface area (Å²) in [5.74, 6) is 1.99. The van der Waals surface area contributed by atoms with E-state index in [1.165, 1.54) is 0 Å². The summed E-state index contributed by atoms with van der Waals surface area (Å²) in [4.78, 5) is 12.1. The van der Waals surface area contributed by atoms with Crippen LogP contribution < -0.4 is 14.8 Å². The molecule has 0 aliphatic rings. The molecule has 5 aromatic rings. The number of fused-ring (bicyclic) bond motifs is 2. The van der Waals surface area contributed by atoms with Gasteiger partial charge in [0.15, 0.2) is 11.5 Å². The fourth-order valence-corrected chi connectivity index (χ4v) is 3.44. The summed E-state index contributed by atoms with van der Waals surface area (Å²) in [6.45, 7) is 0.454. The molecule has 7 heteroatoms. The van der Waals surface area contributed by atoms with Crippen LogP contribution >= 0.6 is 12.4 Å². The summed E-state index contributed by atoms with van der Waals surface area (Å²) in [5, 5.41) is 5.39. The minimum Gasteiger partial charge on any atom is -0.493 e. The summed E-state index contributed by atoms with van der Waals surface area (Å²) in [5.41, 5.74) is 3.91. The highest BCUT2D eigenvalue weighted by atomic mass is 35.5. The van der Waals surface area contributed by atoms with Crippen molar-refractivity contribution in [3.05, 3.63) is 84.8 Å². The van der Waals surface area contributed by atoms with Crippen LogP contribution in [0.3, 0.4) is 0 Å². The van der Waals surface area contributed by atoms with Crippen molar-refractivity contribution in [1.29, 1.82) is 0 Å². The van der Waals surface area contributed by atoms with Crippen molar-refractivity contribution < 1.29 is 9.47 Å². The van der Waals surface area contributed by atoms with Crippen LogP contribution in [0, 0.1) is 0 Å². The van der Waals surface area contributed by atoms with Crippen molar-refractivity contribution in [2.45, 2.75) is 6.61 Å². The van der Waals surface area contributed by atoms with Crippen molar-refractivity contribution >= 4 is 45.7 Å². The van der Waals surface area contributed by atoms with E-state index >= 15 is 0 Å². The summed E-state index contributed by atoms with van der Waals surface area (Å²) in [6, 6.07) is 22.0. The first-order valence-electron chi connectivity index (χ1n) is 9.64. The van der Waals surface area contributed by atoms with Crippen LogP contribution in [0.5, 0.6) is 11.5 Å². The highest BCUT2D eigenvalue weighted by Gasteiger charge is 2.12. The number of nitrogens with zero attached hydrogens (tertiary/aromatic N) is 2. The summed E-state index contributed by atoms with van der Waals surface area (Å²) in [7, 11) is 1.63. The second-order valence-electron chi connectivity index (χ2n) is 6.92. The molecule has 2 aromatic heterocycles. The van der Waals surface area contributed by atoms with Gasteiger partial charge in [-0.15, -0.1) is 12.4 Å². The normalized spacial score (nSPS) is 10.6. The maximum atomic E-state index is 6.01. The number of methoxy groups -OCH3 is 1. The van der Waals surface area contributed by atoms with Gasteiger partial charge < -0.3 is 19.8 Å². The monoisotopic (exact) mass is 432 g/mol. The van der Waals surface area contributed by atoms with Gasteiger partial charge >= 0.3 is 0 Å². The Morgan fingerprint density at radius 1 is 0.935 bits per heavy atom. The van der Waals surface area contributed by atoms with E-state index in [1.807, 2.05) is 66.9 Å². The molecule has 5 rings (SSSR count). The van der Waals surface area contributed by atoms with Crippen LogP contribution in [-0.2, 0) is 6.61 Å². The molecule has 156 valence electrons. The van der Waals surface area contributed by atoms with Gasteiger partial charge in [0.2, 0.25) is 0 Å². The Kier molecular flexibility index (Phi) is 5.91. The second kappa shape index (κ2) is 8.93. The quantitative estimate of drug-likeness (QED) is 0.351. The number of halogens is 1. The molecule has 0 radical (unpaired) electrons. The molecule has 0 atom stereocenters. The third-order valence-electron chi connectivity index (χ3n) is 4.97. The van der Waals surface area contributed by atoms with Crippen molar-refractivity contribution in [3.8, 4) is 11.5 Å². The first-order chi connectivity index (χ1) is 14.8. The molecular weight excluding hydrogens is 412 g/mol. The number of ether oxygens (including phenoxy) is 2. The van der Waals surface area contributed by atoms with E-state index in [-0.39, 0.29) is 12.4 Å². The highest BCUT2D eigenvalue weighted by molar-refractivity contribution is 5.94. The summed E-state index contributed by atoms with van der Waals surface area (Å²) < 4.78 is 11.6. The lowest BCUT2D eigenvalue weighted by Crippen LogP contribution is -2.00. The molecular formula is C24H21ClN4O2. The van der Waals surface area contributed by atoms with Crippen LogP contribution in [0.15, 0.2) is 79.3 Å². The van der Waals surface area contributed by atoms with Crippen LogP contribution in [0.1, 0.15) is 5.56 Å². The molecule has 0 aliphatic carbocycles. The fourth-order valence-electron chi connectivity index (χ4n) is 3.44. The lowest BCUT2D eigenvalue weighted by Gasteiger charge is -2.14. The van der Waals surface area contributed by atoms with Gasteiger partial charge in [-0.2, -0.15) is 0 Å². The smallest absolute Gasteiger partial charge is 0.163 e. The van der Waals surface area contributed by atoms with Gasteiger partial charge in [0.1, 0.15) is 18.8 Å². The van der Waals surface area contributed by atoms with E-state index in [4.69, 9.17) is 9.47 Å². The molecule has 0 saturated carbocycles. The molecule has 0 amide bonds. The standard InChI is InChI=1S/C24H20N4O2.ClH/c1-29-22-12-19-21(13-23(22)30-14-16-5-3-2-4-6-16)26-15-27-24(19)28-18-7-8-20-17(11-18)9-10-25-20;/h2-13,15,25H,14H2,1H3,(H,26,27,28);1H. The zero-order valence-corrected chi connectivity index (χ0v) is 17.6. The Balaban J connectivity index is 0.00000231. The summed E-state index contributed by atoms with van der Waals surface area (Å²) in [6.07, 6.45) is 3.48. The van der Waals surface area contributed by atoms with E-state index < -0.39 is 0 Å². The molecule has 2 heterocycles. The average molecular weight is 433 g/mol. The Morgan fingerprint density at radius 3 is 2.65 bits per heavy atom. The first kappa shape index (κ1) is 20.5. The largest absolute Gasteiger partial charge is 0.493 e. The number of H-pyrrole nitrogens is 1. The van der Waals surface area contributed by atoms with Crippen molar-refractivity contribution in [2.75, 3.05) is 12.4 Å². The molecule has 0 bridgehead atoms. The van der Waals surface area contributed by atoms with E-state index in [9.17, 15) is 0 Å². The number of hydrogen-bond donors (Lipinski definition) is 2. The number of anilines is 2. The van der Waals surface area contributed by atoms with Gasteiger partial charge in [-0.1, -0.05) is 30.3 Å². The predicted octanol–water partition coefficient (Wildman–Crippen LogP) is 5.86. The molecule has 0 unspecified atom stereocenters. The van der Waals surface area contributed by atoms with Gasteiger partial charge in [0, 0.05) is 34.2 Å². The molecule has 0 aliphatic heterocycles. The molecule has 0 saturated heterocycles. The zero-order valence-electron chi connectivity index (χ0n) is 16.8. The van der Waals surface area contributed by atoms with E-state index in [2.05, 4.69) is 26.3 Å². The van der Waals surface area contributed by atoms with Crippen LogP contribution in [0.25, 0.3) is 21.8 Å². The molecule has 0 spiro atoms. The Labute approximate surface area is 185 Å². The van der Waals surface area contributed by atoms with Crippen molar-refractivity contribution in [1.82, 2.24) is 15.0 Å². The SMILES string of the molecule is COc1cc2c(Nc3ccc4[nH]ccc4c3)ncnc2cc1OCc1ccccc1.Cl. The van der Waals surface area contributed by atoms with E-state index in [1.54, 1.807) is 13.4 Å².